The minimum atomic E-state index is -0.631. The van der Waals surface area contributed by atoms with Gasteiger partial charge in [0.15, 0.2) is 0 Å². The zero-order valence-electron chi connectivity index (χ0n) is 12.6. The number of likely N-dealkylation sites (N-methyl/N-ethyl adjacent to an activating group) is 2. The van der Waals surface area contributed by atoms with Crippen LogP contribution < -0.4 is 10.6 Å². The third-order valence-corrected chi connectivity index (χ3v) is 4.68. The van der Waals surface area contributed by atoms with Crippen molar-refractivity contribution in [3.8, 4) is 0 Å². The molecule has 0 spiro atoms. The van der Waals surface area contributed by atoms with Crippen molar-refractivity contribution in [2.75, 3.05) is 32.6 Å². The van der Waals surface area contributed by atoms with Gasteiger partial charge in [-0.25, -0.2) is 8.78 Å². The largest absolute Gasteiger partial charge is 0.389 e. The molecule has 21 heavy (non-hydrogen) atoms. The number of anilines is 1. The average molecular weight is 313 g/mol. The summed E-state index contributed by atoms with van der Waals surface area (Å²) >= 11 is 4.76. The van der Waals surface area contributed by atoms with E-state index in [4.69, 9.17) is 18.0 Å². The van der Waals surface area contributed by atoms with E-state index in [1.54, 1.807) is 11.9 Å². The third kappa shape index (κ3) is 3.01. The molecule has 0 unspecified atom stereocenters. The molecule has 1 fully saturated rings. The Hall–Kier alpha value is -1.27. The van der Waals surface area contributed by atoms with Crippen LogP contribution in [0.2, 0.25) is 0 Å². The summed E-state index contributed by atoms with van der Waals surface area (Å²) in [6.07, 6.45) is 3.23. The van der Waals surface area contributed by atoms with Gasteiger partial charge in [0.2, 0.25) is 0 Å². The number of hydrogen-bond donors (Lipinski definition) is 1. The fourth-order valence-corrected chi connectivity index (χ4v) is 3.04. The first-order valence-electron chi connectivity index (χ1n) is 6.94. The van der Waals surface area contributed by atoms with Crippen LogP contribution in [0.4, 0.5) is 14.5 Å². The molecule has 1 aromatic rings. The van der Waals surface area contributed by atoms with Crippen molar-refractivity contribution in [2.24, 2.45) is 5.73 Å². The van der Waals surface area contributed by atoms with Gasteiger partial charge in [-0.15, -0.1) is 0 Å². The topological polar surface area (TPSA) is 32.5 Å². The molecule has 0 heterocycles. The molecule has 1 saturated carbocycles. The molecule has 116 valence electrons. The van der Waals surface area contributed by atoms with Gasteiger partial charge < -0.3 is 15.5 Å². The molecule has 2 rings (SSSR count). The second-order valence-corrected chi connectivity index (χ2v) is 6.42. The normalized spacial score (nSPS) is 16.7. The van der Waals surface area contributed by atoms with E-state index in [0.29, 0.717) is 6.54 Å². The van der Waals surface area contributed by atoms with Crippen LogP contribution >= 0.6 is 12.2 Å². The van der Waals surface area contributed by atoms with Gasteiger partial charge in [-0.2, -0.15) is 0 Å². The Labute approximate surface area is 129 Å². The molecule has 0 atom stereocenters. The summed E-state index contributed by atoms with van der Waals surface area (Å²) in [7, 11) is 5.73. The number of halogens is 2. The first-order valence-corrected chi connectivity index (χ1v) is 7.35. The highest BCUT2D eigenvalue weighted by atomic mass is 32.1. The molecular weight excluding hydrogens is 292 g/mol. The number of benzene rings is 1. The molecule has 1 aliphatic rings. The maximum Gasteiger partial charge on any atom is 0.150 e. The Morgan fingerprint density at radius 2 is 1.76 bits per heavy atom. The number of hydrogen-bond acceptors (Lipinski definition) is 3. The number of thiocarbonyl (C=S) groups is 1. The van der Waals surface area contributed by atoms with Crippen LogP contribution in [0.1, 0.15) is 24.8 Å². The average Bonchev–Trinajstić information content (AvgIpc) is 2.32. The number of nitrogens with two attached hydrogens (primary N) is 1. The van der Waals surface area contributed by atoms with Gasteiger partial charge in [0.1, 0.15) is 22.3 Å². The van der Waals surface area contributed by atoms with Crippen LogP contribution in [0.3, 0.4) is 0 Å². The summed E-state index contributed by atoms with van der Waals surface area (Å²) < 4.78 is 28.4. The van der Waals surface area contributed by atoms with Crippen LogP contribution in [-0.4, -0.2) is 43.1 Å². The van der Waals surface area contributed by atoms with E-state index < -0.39 is 11.6 Å². The van der Waals surface area contributed by atoms with E-state index in [2.05, 4.69) is 4.90 Å². The molecule has 0 amide bonds. The lowest BCUT2D eigenvalue weighted by molar-refractivity contribution is 0.0681. The van der Waals surface area contributed by atoms with Gasteiger partial charge in [-0.05, 0) is 45.5 Å². The molecule has 6 heteroatoms. The van der Waals surface area contributed by atoms with Gasteiger partial charge in [0.05, 0.1) is 0 Å². The van der Waals surface area contributed by atoms with Gasteiger partial charge in [0, 0.05) is 24.7 Å². The number of rotatable bonds is 5. The summed E-state index contributed by atoms with van der Waals surface area (Å²) in [6, 6.07) is 2.39. The molecule has 1 aromatic carbocycles. The van der Waals surface area contributed by atoms with Gasteiger partial charge in [-0.3, -0.25) is 0 Å². The molecule has 0 aromatic heterocycles. The maximum atomic E-state index is 14.2. The van der Waals surface area contributed by atoms with Gasteiger partial charge >= 0.3 is 0 Å². The van der Waals surface area contributed by atoms with Crippen LogP contribution in [0.15, 0.2) is 12.1 Å². The van der Waals surface area contributed by atoms with E-state index in [1.807, 2.05) is 14.1 Å². The zero-order valence-corrected chi connectivity index (χ0v) is 13.4. The van der Waals surface area contributed by atoms with E-state index >= 15 is 0 Å². The molecule has 0 aliphatic heterocycles. The van der Waals surface area contributed by atoms with E-state index in [0.717, 1.165) is 19.3 Å². The Morgan fingerprint density at radius 3 is 2.10 bits per heavy atom. The van der Waals surface area contributed by atoms with E-state index in [-0.39, 0.29) is 21.8 Å². The third-order valence-electron chi connectivity index (χ3n) is 4.45. The first-order chi connectivity index (χ1) is 9.77. The summed E-state index contributed by atoms with van der Waals surface area (Å²) in [6.45, 7) is 0.584. The highest BCUT2D eigenvalue weighted by Crippen LogP contribution is 2.38. The van der Waals surface area contributed by atoms with Crippen molar-refractivity contribution >= 4 is 22.9 Å². The highest BCUT2D eigenvalue weighted by Gasteiger charge is 2.40. The summed E-state index contributed by atoms with van der Waals surface area (Å²) in [5, 5.41) is 0. The summed E-state index contributed by atoms with van der Waals surface area (Å²) in [4.78, 5) is 3.78. The maximum absolute atomic E-state index is 14.2. The Kier molecular flexibility index (Phi) is 4.49. The fourth-order valence-electron chi connectivity index (χ4n) is 2.92. The molecule has 0 radical (unpaired) electrons. The second-order valence-electron chi connectivity index (χ2n) is 5.98. The van der Waals surface area contributed by atoms with Crippen LogP contribution in [0.5, 0.6) is 0 Å². The predicted molar refractivity (Wildman–Crippen MR) is 85.8 cm³/mol. The molecule has 1 aliphatic carbocycles. The Balaban J connectivity index is 2.27. The minimum Gasteiger partial charge on any atom is -0.389 e. The van der Waals surface area contributed by atoms with Crippen LogP contribution in [-0.2, 0) is 0 Å². The fraction of sp³-hybridized carbons (Fsp3) is 0.533. The molecule has 0 saturated heterocycles. The summed E-state index contributed by atoms with van der Waals surface area (Å²) in [5.74, 6) is -1.26. The van der Waals surface area contributed by atoms with E-state index in [9.17, 15) is 8.78 Å². The molecular formula is C15H21F2N3S. The molecule has 0 bridgehead atoms. The standard InChI is InChI=1S/C15H21F2N3S/c1-19(2)15(5-4-6-15)9-20(3)13-11(16)7-10(14(18)21)8-12(13)17/h7-8H,4-6,9H2,1-3H3,(H2,18,21). The molecule has 3 nitrogen and oxygen atoms in total. The first kappa shape index (κ1) is 16.1. The van der Waals surface area contributed by atoms with Crippen LogP contribution in [0, 0.1) is 11.6 Å². The monoisotopic (exact) mass is 313 g/mol. The predicted octanol–water partition coefficient (Wildman–Crippen LogP) is 2.52. The van der Waals surface area contributed by atoms with Crippen molar-refractivity contribution in [3.63, 3.8) is 0 Å². The van der Waals surface area contributed by atoms with Crippen molar-refractivity contribution in [2.45, 2.75) is 24.8 Å². The minimum absolute atomic E-state index is 0.00449. The summed E-state index contributed by atoms with van der Waals surface area (Å²) in [5.41, 5.74) is 5.61. The number of nitrogens with zero attached hydrogens (tertiary/aromatic N) is 2. The lowest BCUT2D eigenvalue weighted by atomic mass is 9.75. The Morgan fingerprint density at radius 1 is 1.24 bits per heavy atom. The smallest absolute Gasteiger partial charge is 0.150 e. The van der Waals surface area contributed by atoms with Gasteiger partial charge in [-0.1, -0.05) is 12.2 Å². The van der Waals surface area contributed by atoms with Gasteiger partial charge in [0.25, 0.3) is 0 Å². The SMILES string of the molecule is CN(CC1(N(C)C)CCC1)c1c(F)cc(C(N)=S)cc1F. The lowest BCUT2D eigenvalue weighted by Crippen LogP contribution is -2.57. The second kappa shape index (κ2) is 5.85. The van der Waals surface area contributed by atoms with Crippen LogP contribution in [0.25, 0.3) is 0 Å². The quantitative estimate of drug-likeness (QED) is 0.847. The highest BCUT2D eigenvalue weighted by molar-refractivity contribution is 7.80. The Bertz CT molecular complexity index is 533. The lowest BCUT2D eigenvalue weighted by Gasteiger charge is -2.49. The van der Waals surface area contributed by atoms with Crippen molar-refractivity contribution < 1.29 is 8.78 Å². The van der Waals surface area contributed by atoms with Crippen molar-refractivity contribution in [1.82, 2.24) is 4.90 Å². The zero-order chi connectivity index (χ0) is 15.8. The van der Waals surface area contributed by atoms with Crippen molar-refractivity contribution in [3.05, 3.63) is 29.3 Å². The van der Waals surface area contributed by atoms with E-state index in [1.165, 1.54) is 12.1 Å². The molecule has 2 N–H and O–H groups in total. The van der Waals surface area contributed by atoms with Crippen molar-refractivity contribution in [1.29, 1.82) is 0 Å².